The molecule has 2 aliphatic rings. The van der Waals surface area contributed by atoms with E-state index in [-0.39, 0.29) is 50.1 Å². The highest BCUT2D eigenvalue weighted by Crippen LogP contribution is 2.28. The summed E-state index contributed by atoms with van der Waals surface area (Å²) in [6.07, 6.45) is 5.58. The van der Waals surface area contributed by atoms with Gasteiger partial charge in [-0.2, -0.15) is 0 Å². The number of rotatable bonds is 4. The van der Waals surface area contributed by atoms with Crippen LogP contribution in [0.15, 0.2) is 28.1 Å². The smallest absolute Gasteiger partial charge is 0.278 e. The average molecular weight is 502 g/mol. The topological polar surface area (TPSA) is 79.9 Å². The second-order valence-corrected chi connectivity index (χ2v) is 9.04. The first kappa shape index (κ1) is 23.4. The number of imidazole rings is 1. The summed E-state index contributed by atoms with van der Waals surface area (Å²) in [6.45, 7) is 5.75. The van der Waals surface area contributed by atoms with Gasteiger partial charge in [0.2, 0.25) is 11.8 Å². The van der Waals surface area contributed by atoms with Crippen LogP contribution in [0.1, 0.15) is 33.6 Å². The monoisotopic (exact) mass is 501 g/mol. The number of hydrogen-bond donors (Lipinski definition) is 0. The number of halogens is 3. The van der Waals surface area contributed by atoms with Gasteiger partial charge < -0.3 is 14.4 Å². The normalized spacial score (nSPS) is 18.6. The summed E-state index contributed by atoms with van der Waals surface area (Å²) in [4.78, 5) is 42.2. The van der Waals surface area contributed by atoms with Crippen LogP contribution in [0.2, 0.25) is 0 Å². The van der Waals surface area contributed by atoms with E-state index in [9.17, 15) is 23.2 Å². The number of hydrogen-bond acceptors (Lipinski definition) is 4. The summed E-state index contributed by atoms with van der Waals surface area (Å²) in [5.41, 5.74) is -2.32. The van der Waals surface area contributed by atoms with Gasteiger partial charge in [-0.15, -0.1) is 0 Å². The van der Waals surface area contributed by atoms with Gasteiger partial charge in [0, 0.05) is 18.8 Å². The SMILES string of the molecule is CCC(=O)N1CC(C)(F)C1.CCC1(F)CN(C(=O)Cn2ccn3cnc(Br)c3c2=O)C1. The van der Waals surface area contributed by atoms with Crippen LogP contribution >= 0.6 is 15.9 Å². The minimum Gasteiger partial charge on any atom is -0.336 e. The first-order valence-corrected chi connectivity index (χ1v) is 10.9. The summed E-state index contributed by atoms with van der Waals surface area (Å²) < 4.78 is 29.9. The molecule has 0 saturated carbocycles. The van der Waals surface area contributed by atoms with Crippen LogP contribution in [0, 0.1) is 0 Å². The highest BCUT2D eigenvalue weighted by Gasteiger charge is 2.44. The van der Waals surface area contributed by atoms with Crippen LogP contribution in [0.4, 0.5) is 8.78 Å². The molecule has 2 fully saturated rings. The fraction of sp³-hybridized carbons (Fsp3) is 0.600. The van der Waals surface area contributed by atoms with Gasteiger partial charge >= 0.3 is 0 Å². The molecule has 11 heteroatoms. The molecule has 0 bridgehead atoms. The second kappa shape index (κ2) is 8.68. The molecule has 2 aromatic heterocycles. The van der Waals surface area contributed by atoms with Crippen molar-refractivity contribution in [3.8, 4) is 0 Å². The van der Waals surface area contributed by atoms with Crippen molar-refractivity contribution in [2.45, 2.75) is 51.5 Å². The number of carbonyl (C=O) groups is 2. The molecule has 8 nitrogen and oxygen atoms in total. The van der Waals surface area contributed by atoms with Crippen LogP contribution in [0.25, 0.3) is 5.52 Å². The molecule has 4 heterocycles. The van der Waals surface area contributed by atoms with Crippen LogP contribution < -0.4 is 5.56 Å². The Kier molecular flexibility index (Phi) is 6.54. The number of aromatic nitrogens is 3. The molecular weight excluding hydrogens is 476 g/mol. The van der Waals surface area contributed by atoms with Crippen molar-refractivity contribution < 1.29 is 18.4 Å². The summed E-state index contributed by atoms with van der Waals surface area (Å²) in [6, 6.07) is 0. The number of nitrogens with zero attached hydrogens (tertiary/aromatic N) is 5. The van der Waals surface area contributed by atoms with E-state index in [1.807, 2.05) is 0 Å². The van der Waals surface area contributed by atoms with E-state index in [0.29, 0.717) is 23.0 Å². The Balaban J connectivity index is 0.000000229. The van der Waals surface area contributed by atoms with E-state index in [4.69, 9.17) is 0 Å². The Hall–Kier alpha value is -2.30. The molecule has 2 saturated heterocycles. The van der Waals surface area contributed by atoms with Gasteiger partial charge in [0.05, 0.1) is 26.2 Å². The Morgan fingerprint density at radius 2 is 1.71 bits per heavy atom. The zero-order chi connectivity index (χ0) is 23.0. The second-order valence-electron chi connectivity index (χ2n) is 8.29. The zero-order valence-corrected chi connectivity index (χ0v) is 19.4. The average Bonchev–Trinajstić information content (AvgIpc) is 3.07. The Morgan fingerprint density at radius 3 is 2.26 bits per heavy atom. The fourth-order valence-corrected chi connectivity index (χ4v) is 4.03. The van der Waals surface area contributed by atoms with Crippen molar-refractivity contribution >= 4 is 33.3 Å². The maximum absolute atomic E-state index is 13.8. The van der Waals surface area contributed by atoms with E-state index in [1.165, 1.54) is 28.9 Å². The molecule has 170 valence electrons. The standard InChI is InChI=1S/C13H14BrFN4O2.C7H12FNO/c1-2-13(15)6-19(7-13)9(20)5-17-3-4-18-8-16-11(14)10(18)12(17)21;1-3-6(10)9-4-7(2,8)5-9/h3-4,8H,2,5-7H2,1H3;3-5H2,1-2H3. The van der Waals surface area contributed by atoms with Crippen LogP contribution in [0.3, 0.4) is 0 Å². The highest BCUT2D eigenvalue weighted by molar-refractivity contribution is 9.10. The molecule has 0 spiro atoms. The summed E-state index contributed by atoms with van der Waals surface area (Å²) in [5.74, 6) is -0.200. The Labute approximate surface area is 187 Å². The molecule has 0 unspecified atom stereocenters. The molecule has 2 amide bonds. The molecule has 0 aromatic carbocycles. The van der Waals surface area contributed by atoms with Crippen molar-refractivity contribution in [1.29, 1.82) is 0 Å². The largest absolute Gasteiger partial charge is 0.336 e. The first-order chi connectivity index (χ1) is 14.5. The van der Waals surface area contributed by atoms with Crippen molar-refractivity contribution in [2.75, 3.05) is 26.2 Å². The third-order valence-electron chi connectivity index (χ3n) is 5.56. The predicted molar refractivity (Wildman–Crippen MR) is 114 cm³/mol. The van der Waals surface area contributed by atoms with Gasteiger partial charge in [0.25, 0.3) is 5.56 Å². The first-order valence-electron chi connectivity index (χ1n) is 10.1. The summed E-state index contributed by atoms with van der Waals surface area (Å²) in [5, 5.41) is 0. The van der Waals surface area contributed by atoms with Gasteiger partial charge in [0.1, 0.15) is 34.3 Å². The van der Waals surface area contributed by atoms with Crippen molar-refractivity contribution in [1.82, 2.24) is 23.8 Å². The van der Waals surface area contributed by atoms with Gasteiger partial charge in [-0.25, -0.2) is 13.8 Å². The van der Waals surface area contributed by atoms with Gasteiger partial charge in [0.15, 0.2) is 0 Å². The molecule has 2 aromatic rings. The van der Waals surface area contributed by atoms with Crippen molar-refractivity contribution in [3.63, 3.8) is 0 Å². The lowest BCUT2D eigenvalue weighted by molar-refractivity contribution is -0.146. The van der Waals surface area contributed by atoms with Crippen molar-refractivity contribution in [3.05, 3.63) is 33.7 Å². The molecule has 4 rings (SSSR count). The maximum atomic E-state index is 13.8. The fourth-order valence-electron chi connectivity index (χ4n) is 3.56. The van der Waals surface area contributed by atoms with E-state index in [2.05, 4.69) is 20.9 Å². The summed E-state index contributed by atoms with van der Waals surface area (Å²) in [7, 11) is 0. The minimum atomic E-state index is -1.26. The number of amides is 2. The zero-order valence-electron chi connectivity index (χ0n) is 17.8. The molecule has 0 radical (unpaired) electrons. The molecular formula is C20H26BrF2N5O3. The van der Waals surface area contributed by atoms with E-state index in [1.54, 1.807) is 29.3 Å². The molecule has 31 heavy (non-hydrogen) atoms. The third kappa shape index (κ3) is 4.97. The van der Waals surface area contributed by atoms with E-state index < -0.39 is 11.3 Å². The Bertz CT molecular complexity index is 1040. The third-order valence-corrected chi connectivity index (χ3v) is 6.14. The minimum absolute atomic E-state index is 0.0510. The van der Waals surface area contributed by atoms with E-state index in [0.717, 1.165) is 0 Å². The van der Waals surface area contributed by atoms with Gasteiger partial charge in [-0.05, 0) is 29.3 Å². The number of fused-ring (bicyclic) bond motifs is 1. The van der Waals surface area contributed by atoms with Crippen LogP contribution in [-0.2, 0) is 16.1 Å². The van der Waals surface area contributed by atoms with Crippen LogP contribution in [0.5, 0.6) is 0 Å². The molecule has 0 aliphatic carbocycles. The van der Waals surface area contributed by atoms with E-state index >= 15 is 0 Å². The molecule has 0 N–H and O–H groups in total. The van der Waals surface area contributed by atoms with Gasteiger partial charge in [-0.3, -0.25) is 18.8 Å². The molecule has 2 aliphatic heterocycles. The lowest BCUT2D eigenvalue weighted by atomic mass is 9.93. The van der Waals surface area contributed by atoms with Crippen molar-refractivity contribution in [2.24, 2.45) is 0 Å². The van der Waals surface area contributed by atoms with Crippen LogP contribution in [-0.4, -0.2) is 73.1 Å². The number of alkyl halides is 2. The Morgan fingerprint density at radius 1 is 1.10 bits per heavy atom. The number of likely N-dealkylation sites (tertiary alicyclic amines) is 2. The highest BCUT2D eigenvalue weighted by atomic mass is 79.9. The van der Waals surface area contributed by atoms with Gasteiger partial charge in [-0.1, -0.05) is 13.8 Å². The lowest BCUT2D eigenvalue weighted by Crippen LogP contribution is -2.61. The quantitative estimate of drug-likeness (QED) is 0.643. The predicted octanol–water partition coefficient (Wildman–Crippen LogP) is 2.19. The lowest BCUT2D eigenvalue weighted by Gasteiger charge is -2.44. The molecule has 0 atom stereocenters. The number of carbonyl (C=O) groups excluding carboxylic acids is 2. The maximum Gasteiger partial charge on any atom is 0.278 e. The summed E-state index contributed by atoms with van der Waals surface area (Å²) >= 11 is 3.21.